The van der Waals surface area contributed by atoms with Crippen molar-refractivity contribution in [3.8, 4) is 0 Å². The minimum atomic E-state index is -0.534. The van der Waals surface area contributed by atoms with E-state index in [1.807, 2.05) is 0 Å². The van der Waals surface area contributed by atoms with Crippen LogP contribution in [0.5, 0.6) is 0 Å². The minimum absolute atomic E-state index is 0.189. The van der Waals surface area contributed by atoms with E-state index in [4.69, 9.17) is 4.74 Å². The van der Waals surface area contributed by atoms with E-state index in [2.05, 4.69) is 0 Å². The molecule has 0 fully saturated rings. The highest BCUT2D eigenvalue weighted by atomic mass is 16.5. The van der Waals surface area contributed by atoms with Crippen molar-refractivity contribution in [3.05, 3.63) is 33.1 Å². The molecule has 0 amide bonds. The molecule has 1 rings (SSSR count). The maximum atomic E-state index is 11.5. The van der Waals surface area contributed by atoms with Crippen LogP contribution in [0.15, 0.2) is 21.9 Å². The summed E-state index contributed by atoms with van der Waals surface area (Å²) in [5, 5.41) is 0. The monoisotopic (exact) mass is 226 g/mol. The lowest BCUT2D eigenvalue weighted by atomic mass is 10.5. The Bertz CT molecular complexity index is 498. The van der Waals surface area contributed by atoms with Crippen LogP contribution in [0.1, 0.15) is 13.8 Å². The third-order valence-corrected chi connectivity index (χ3v) is 1.93. The van der Waals surface area contributed by atoms with Gasteiger partial charge in [0.05, 0.1) is 6.10 Å². The second-order valence-corrected chi connectivity index (χ2v) is 3.66. The molecule has 1 aromatic heterocycles. The second-order valence-electron chi connectivity index (χ2n) is 3.66. The molecule has 0 radical (unpaired) electrons. The Morgan fingerprint density at radius 1 is 1.44 bits per heavy atom. The average molecular weight is 226 g/mol. The number of ether oxygens (including phenoxy) is 1. The van der Waals surface area contributed by atoms with E-state index in [-0.39, 0.29) is 12.6 Å². The molecular weight excluding hydrogens is 212 g/mol. The molecule has 1 heterocycles. The van der Waals surface area contributed by atoms with Crippen LogP contribution in [-0.4, -0.2) is 21.2 Å². The van der Waals surface area contributed by atoms with Gasteiger partial charge in [0.2, 0.25) is 0 Å². The Balaban J connectivity index is 2.91. The molecule has 0 bridgehead atoms. The van der Waals surface area contributed by atoms with Crippen LogP contribution in [-0.2, 0) is 23.1 Å². The zero-order chi connectivity index (χ0) is 12.3. The van der Waals surface area contributed by atoms with Crippen molar-refractivity contribution < 1.29 is 9.53 Å². The van der Waals surface area contributed by atoms with Crippen LogP contribution in [0.2, 0.25) is 0 Å². The van der Waals surface area contributed by atoms with Gasteiger partial charge in [0, 0.05) is 19.3 Å². The molecule has 6 nitrogen and oxygen atoms in total. The molecule has 0 N–H and O–H groups in total. The van der Waals surface area contributed by atoms with Gasteiger partial charge >= 0.3 is 11.7 Å². The normalized spacial score (nSPS) is 10.5. The topological polar surface area (TPSA) is 70.3 Å². The summed E-state index contributed by atoms with van der Waals surface area (Å²) in [5.41, 5.74) is -0.938. The second kappa shape index (κ2) is 4.78. The smallest absolute Gasteiger partial charge is 0.331 e. The van der Waals surface area contributed by atoms with E-state index in [1.54, 1.807) is 13.8 Å². The number of aromatic nitrogens is 2. The van der Waals surface area contributed by atoms with Crippen LogP contribution >= 0.6 is 0 Å². The summed E-state index contributed by atoms with van der Waals surface area (Å²) in [5.74, 6) is -0.504. The van der Waals surface area contributed by atoms with Gasteiger partial charge in [0.1, 0.15) is 6.54 Å². The number of hydrogen-bond donors (Lipinski definition) is 0. The lowest BCUT2D eigenvalue weighted by molar-refractivity contribution is -0.148. The van der Waals surface area contributed by atoms with Crippen molar-refractivity contribution in [2.75, 3.05) is 0 Å². The first-order chi connectivity index (χ1) is 7.41. The van der Waals surface area contributed by atoms with Gasteiger partial charge in [-0.15, -0.1) is 0 Å². The van der Waals surface area contributed by atoms with Gasteiger partial charge in [0.15, 0.2) is 0 Å². The Morgan fingerprint density at radius 2 is 2.06 bits per heavy atom. The largest absolute Gasteiger partial charge is 0.462 e. The van der Waals surface area contributed by atoms with Crippen LogP contribution in [0.25, 0.3) is 0 Å². The van der Waals surface area contributed by atoms with Gasteiger partial charge in [-0.2, -0.15) is 0 Å². The highest BCUT2D eigenvalue weighted by Crippen LogP contribution is 1.90. The zero-order valence-electron chi connectivity index (χ0n) is 9.47. The molecule has 1 aromatic rings. The summed E-state index contributed by atoms with van der Waals surface area (Å²) in [6.07, 6.45) is 1.06. The molecule has 0 spiro atoms. The molecule has 16 heavy (non-hydrogen) atoms. The molecule has 0 aliphatic heterocycles. The zero-order valence-corrected chi connectivity index (χ0v) is 9.47. The summed E-state index contributed by atoms with van der Waals surface area (Å²) < 4.78 is 6.96. The summed E-state index contributed by atoms with van der Waals surface area (Å²) in [4.78, 5) is 33.9. The Kier molecular flexibility index (Phi) is 3.65. The molecule has 0 saturated heterocycles. The lowest BCUT2D eigenvalue weighted by Crippen LogP contribution is -2.38. The van der Waals surface area contributed by atoms with Crippen molar-refractivity contribution in [1.29, 1.82) is 0 Å². The molecule has 0 aliphatic carbocycles. The molecule has 0 atom stereocenters. The van der Waals surface area contributed by atoms with Gasteiger partial charge < -0.3 is 4.74 Å². The van der Waals surface area contributed by atoms with Crippen LogP contribution in [0.4, 0.5) is 0 Å². The van der Waals surface area contributed by atoms with Gasteiger partial charge in [-0.25, -0.2) is 4.79 Å². The summed E-state index contributed by atoms with van der Waals surface area (Å²) in [6, 6.07) is 1.23. The number of hydrogen-bond acceptors (Lipinski definition) is 4. The molecule has 6 heteroatoms. The van der Waals surface area contributed by atoms with Gasteiger partial charge in [-0.1, -0.05) is 0 Å². The average Bonchev–Trinajstić information content (AvgIpc) is 2.18. The fourth-order valence-corrected chi connectivity index (χ4v) is 1.18. The number of carbonyl (C=O) groups is 1. The van der Waals surface area contributed by atoms with Crippen molar-refractivity contribution in [1.82, 2.24) is 9.13 Å². The highest BCUT2D eigenvalue weighted by Gasteiger charge is 2.09. The van der Waals surface area contributed by atoms with Gasteiger partial charge in [-0.3, -0.25) is 18.7 Å². The van der Waals surface area contributed by atoms with E-state index >= 15 is 0 Å². The van der Waals surface area contributed by atoms with E-state index in [1.165, 1.54) is 19.3 Å². The van der Waals surface area contributed by atoms with Gasteiger partial charge in [-0.05, 0) is 13.8 Å². The standard InChI is InChI=1S/C10H14N2O4/c1-7(2)16-9(14)6-12-5-4-8(13)11(3)10(12)15/h4-5,7H,6H2,1-3H3. The number of nitrogens with zero attached hydrogens (tertiary/aromatic N) is 2. The van der Waals surface area contributed by atoms with Crippen LogP contribution in [0, 0.1) is 0 Å². The maximum Gasteiger partial charge on any atom is 0.331 e. The van der Waals surface area contributed by atoms with Crippen LogP contribution < -0.4 is 11.2 Å². The van der Waals surface area contributed by atoms with E-state index in [9.17, 15) is 14.4 Å². The fraction of sp³-hybridized carbons (Fsp3) is 0.500. The first-order valence-electron chi connectivity index (χ1n) is 4.87. The van der Waals surface area contributed by atoms with Crippen molar-refractivity contribution in [3.63, 3.8) is 0 Å². The Hall–Kier alpha value is -1.85. The predicted octanol–water partition coefficient (Wildman–Crippen LogP) is -0.501. The summed E-state index contributed by atoms with van der Waals surface area (Å²) in [7, 11) is 1.36. The molecular formula is C10H14N2O4. The molecule has 0 aliphatic rings. The lowest BCUT2D eigenvalue weighted by Gasteiger charge is -2.09. The molecule has 0 aromatic carbocycles. The highest BCUT2D eigenvalue weighted by molar-refractivity contribution is 5.69. The number of esters is 1. The van der Waals surface area contributed by atoms with Crippen molar-refractivity contribution in [2.24, 2.45) is 7.05 Å². The summed E-state index contributed by atoms with van der Waals surface area (Å²) in [6.45, 7) is 3.26. The SMILES string of the molecule is CC(C)OC(=O)Cn1ccc(=O)n(C)c1=O. The molecule has 0 unspecified atom stereocenters. The first-order valence-corrected chi connectivity index (χ1v) is 4.87. The first kappa shape index (κ1) is 12.2. The Labute approximate surface area is 92.1 Å². The fourth-order valence-electron chi connectivity index (χ4n) is 1.18. The number of rotatable bonds is 3. The quantitative estimate of drug-likeness (QED) is 0.651. The predicted molar refractivity (Wildman–Crippen MR) is 57.2 cm³/mol. The van der Waals surface area contributed by atoms with Crippen molar-refractivity contribution >= 4 is 5.97 Å². The van der Waals surface area contributed by atoms with E-state index in [0.29, 0.717) is 0 Å². The van der Waals surface area contributed by atoms with Crippen LogP contribution in [0.3, 0.4) is 0 Å². The van der Waals surface area contributed by atoms with Gasteiger partial charge in [0.25, 0.3) is 5.56 Å². The summed E-state index contributed by atoms with van der Waals surface area (Å²) >= 11 is 0. The number of carbonyl (C=O) groups excluding carboxylic acids is 1. The molecule has 88 valence electrons. The van der Waals surface area contributed by atoms with E-state index in [0.717, 1.165) is 9.13 Å². The third kappa shape index (κ3) is 2.82. The third-order valence-electron chi connectivity index (χ3n) is 1.93. The Morgan fingerprint density at radius 3 is 2.62 bits per heavy atom. The minimum Gasteiger partial charge on any atom is -0.462 e. The molecule has 0 saturated carbocycles. The van der Waals surface area contributed by atoms with Crippen molar-refractivity contribution in [2.45, 2.75) is 26.5 Å². The maximum absolute atomic E-state index is 11.5. The van der Waals surface area contributed by atoms with E-state index < -0.39 is 17.2 Å².